The number of carbonyl (C=O) groups excluding carboxylic acids is 1. The van der Waals surface area contributed by atoms with Crippen LogP contribution >= 0.6 is 0 Å². The van der Waals surface area contributed by atoms with Crippen LogP contribution in [0.15, 0.2) is 0 Å². The molecule has 0 aromatic heterocycles. The van der Waals surface area contributed by atoms with Crippen molar-refractivity contribution in [2.24, 2.45) is 0 Å². The fourth-order valence-corrected chi connectivity index (χ4v) is 2.55. The molecule has 2 rings (SSSR count). The van der Waals surface area contributed by atoms with Crippen molar-refractivity contribution in [1.29, 1.82) is 0 Å². The lowest BCUT2D eigenvalue weighted by atomic mass is 9.94. The van der Waals surface area contributed by atoms with E-state index >= 15 is 0 Å². The quantitative estimate of drug-likeness (QED) is 0.602. The predicted octanol–water partition coefficient (Wildman–Crippen LogP) is 2.62. The minimum absolute atomic E-state index is 0.750. The Labute approximate surface area is 87.7 Å². The number of aldehydes is 1. The molecule has 1 saturated carbocycles. The van der Waals surface area contributed by atoms with Crippen LogP contribution in [0, 0.1) is 0 Å². The Balaban J connectivity index is 0.000000293. The number of hydrogen-bond acceptors (Lipinski definition) is 2. The topological polar surface area (TPSA) is 20.3 Å². The van der Waals surface area contributed by atoms with Gasteiger partial charge in [-0.1, -0.05) is 19.3 Å². The second-order valence-corrected chi connectivity index (χ2v) is 4.27. The molecule has 2 fully saturated rings. The van der Waals surface area contributed by atoms with Gasteiger partial charge >= 0.3 is 0 Å². The Hall–Kier alpha value is -0.370. The van der Waals surface area contributed by atoms with E-state index in [1.54, 1.807) is 0 Å². The predicted molar refractivity (Wildman–Crippen MR) is 59.4 cm³/mol. The lowest BCUT2D eigenvalue weighted by molar-refractivity contribution is -0.106. The summed E-state index contributed by atoms with van der Waals surface area (Å²) < 4.78 is 0. The zero-order valence-corrected chi connectivity index (χ0v) is 9.37. The van der Waals surface area contributed by atoms with Crippen molar-refractivity contribution in [3.05, 3.63) is 0 Å². The van der Waals surface area contributed by atoms with Crippen LogP contribution in [0.1, 0.15) is 51.9 Å². The molecule has 0 radical (unpaired) electrons. The van der Waals surface area contributed by atoms with Gasteiger partial charge in [0, 0.05) is 6.04 Å². The smallest absolute Gasteiger partial charge is 0.116 e. The summed E-state index contributed by atoms with van der Waals surface area (Å²) in [5.74, 6) is 0. The van der Waals surface area contributed by atoms with Gasteiger partial charge in [0.25, 0.3) is 0 Å². The van der Waals surface area contributed by atoms with Gasteiger partial charge in [-0.25, -0.2) is 0 Å². The van der Waals surface area contributed by atoms with E-state index in [2.05, 4.69) is 4.90 Å². The number of likely N-dealkylation sites (tertiary alicyclic amines) is 1. The fraction of sp³-hybridized carbons (Fsp3) is 0.917. The summed E-state index contributed by atoms with van der Waals surface area (Å²) in [4.78, 5) is 11.5. The number of carbonyl (C=O) groups is 1. The van der Waals surface area contributed by atoms with Crippen LogP contribution in [0.2, 0.25) is 0 Å². The lowest BCUT2D eigenvalue weighted by Crippen LogP contribution is -2.34. The molecule has 0 unspecified atom stereocenters. The number of hydrogen-bond donors (Lipinski definition) is 0. The molecule has 14 heavy (non-hydrogen) atoms. The molecule has 0 bridgehead atoms. The van der Waals surface area contributed by atoms with Gasteiger partial charge in [0.1, 0.15) is 6.29 Å². The number of rotatable bonds is 1. The molecule has 1 saturated heterocycles. The highest BCUT2D eigenvalue weighted by Crippen LogP contribution is 2.25. The van der Waals surface area contributed by atoms with E-state index in [1.165, 1.54) is 65.0 Å². The molecule has 1 aliphatic carbocycles. The van der Waals surface area contributed by atoms with E-state index in [0.29, 0.717) is 0 Å². The Bertz CT molecular complexity index is 146. The summed E-state index contributed by atoms with van der Waals surface area (Å²) >= 11 is 0. The average molecular weight is 197 g/mol. The summed E-state index contributed by atoms with van der Waals surface area (Å²) in [6.45, 7) is 4.23. The van der Waals surface area contributed by atoms with Gasteiger partial charge < -0.3 is 9.69 Å². The molecule has 0 atom stereocenters. The third kappa shape index (κ3) is 3.79. The maximum absolute atomic E-state index is 8.81. The molecular weight excluding hydrogens is 174 g/mol. The van der Waals surface area contributed by atoms with Gasteiger partial charge in [-0.05, 0) is 45.7 Å². The van der Waals surface area contributed by atoms with E-state index < -0.39 is 0 Å². The molecule has 1 heterocycles. The monoisotopic (exact) mass is 197 g/mol. The summed E-state index contributed by atoms with van der Waals surface area (Å²) in [5, 5.41) is 0. The first-order valence-electron chi connectivity index (χ1n) is 6.02. The Morgan fingerprint density at radius 1 is 1.00 bits per heavy atom. The molecule has 0 amide bonds. The summed E-state index contributed by atoms with van der Waals surface area (Å²) in [5.41, 5.74) is 0. The maximum Gasteiger partial charge on any atom is 0.116 e. The van der Waals surface area contributed by atoms with Crippen molar-refractivity contribution in [1.82, 2.24) is 4.90 Å². The van der Waals surface area contributed by atoms with Crippen molar-refractivity contribution in [2.75, 3.05) is 13.1 Å². The summed E-state index contributed by atoms with van der Waals surface area (Å²) in [7, 11) is 0. The normalized spacial score (nSPS) is 24.1. The maximum atomic E-state index is 8.81. The highest BCUT2D eigenvalue weighted by atomic mass is 16.1. The first kappa shape index (κ1) is 11.7. The lowest BCUT2D eigenvalue weighted by Gasteiger charge is -2.30. The average Bonchev–Trinajstić information content (AvgIpc) is 2.73. The molecule has 0 spiro atoms. The SMILES string of the molecule is C1CCC(N2CCCC2)CC1.CC=O. The highest BCUT2D eigenvalue weighted by Gasteiger charge is 2.22. The van der Waals surface area contributed by atoms with Crippen LogP contribution in [0.3, 0.4) is 0 Å². The minimum atomic E-state index is 0.750. The molecule has 2 aliphatic rings. The van der Waals surface area contributed by atoms with Gasteiger partial charge in [-0.3, -0.25) is 0 Å². The third-order valence-electron chi connectivity index (χ3n) is 3.23. The molecule has 2 heteroatoms. The molecule has 1 aliphatic heterocycles. The summed E-state index contributed by atoms with van der Waals surface area (Å²) in [6.07, 6.45) is 11.1. The van der Waals surface area contributed by atoms with Crippen LogP contribution in [0.5, 0.6) is 0 Å². The second-order valence-electron chi connectivity index (χ2n) is 4.27. The first-order valence-corrected chi connectivity index (χ1v) is 6.02. The molecule has 82 valence electrons. The van der Waals surface area contributed by atoms with E-state index in [4.69, 9.17) is 4.79 Å². The van der Waals surface area contributed by atoms with Crippen molar-refractivity contribution in [3.8, 4) is 0 Å². The molecule has 0 N–H and O–H groups in total. The van der Waals surface area contributed by atoms with Gasteiger partial charge in [-0.15, -0.1) is 0 Å². The van der Waals surface area contributed by atoms with Gasteiger partial charge in [-0.2, -0.15) is 0 Å². The Morgan fingerprint density at radius 3 is 2.00 bits per heavy atom. The molecule has 2 nitrogen and oxygen atoms in total. The highest BCUT2D eigenvalue weighted by molar-refractivity contribution is 5.44. The standard InChI is InChI=1S/C10H19N.C2H4O/c1-2-6-10(7-3-1)11-8-4-5-9-11;1-2-3/h10H,1-9H2;2H,1H3. The fourth-order valence-electron chi connectivity index (χ4n) is 2.55. The Kier molecular flexibility index (Phi) is 5.85. The molecule has 0 aromatic rings. The van der Waals surface area contributed by atoms with Crippen LogP contribution in [0.25, 0.3) is 0 Å². The number of nitrogens with zero attached hydrogens (tertiary/aromatic N) is 1. The third-order valence-corrected chi connectivity index (χ3v) is 3.23. The van der Waals surface area contributed by atoms with Crippen molar-refractivity contribution in [3.63, 3.8) is 0 Å². The molecular formula is C12H23NO. The van der Waals surface area contributed by atoms with Crippen LogP contribution in [-0.4, -0.2) is 30.3 Å². The zero-order chi connectivity index (χ0) is 10.2. The van der Waals surface area contributed by atoms with Crippen molar-refractivity contribution < 1.29 is 4.79 Å². The molecule has 0 aromatic carbocycles. The zero-order valence-electron chi connectivity index (χ0n) is 9.37. The van der Waals surface area contributed by atoms with Gasteiger partial charge in [0.2, 0.25) is 0 Å². The van der Waals surface area contributed by atoms with Crippen LogP contribution in [0.4, 0.5) is 0 Å². The summed E-state index contributed by atoms with van der Waals surface area (Å²) in [6, 6.07) is 0.978. The minimum Gasteiger partial charge on any atom is -0.304 e. The first-order chi connectivity index (χ1) is 6.88. The largest absolute Gasteiger partial charge is 0.304 e. The van der Waals surface area contributed by atoms with Crippen LogP contribution < -0.4 is 0 Å². The van der Waals surface area contributed by atoms with Crippen molar-refractivity contribution in [2.45, 2.75) is 57.9 Å². The van der Waals surface area contributed by atoms with E-state index in [9.17, 15) is 0 Å². The second kappa shape index (κ2) is 6.99. The van der Waals surface area contributed by atoms with Gasteiger partial charge in [0.05, 0.1) is 0 Å². The van der Waals surface area contributed by atoms with E-state index in [-0.39, 0.29) is 0 Å². The Morgan fingerprint density at radius 2 is 1.50 bits per heavy atom. The van der Waals surface area contributed by atoms with Crippen LogP contribution in [-0.2, 0) is 4.79 Å². The van der Waals surface area contributed by atoms with Gasteiger partial charge in [0.15, 0.2) is 0 Å². The van der Waals surface area contributed by atoms with E-state index in [0.717, 1.165) is 12.3 Å². The van der Waals surface area contributed by atoms with Crippen molar-refractivity contribution >= 4 is 6.29 Å². The van der Waals surface area contributed by atoms with E-state index in [1.807, 2.05) is 0 Å².